The van der Waals surface area contributed by atoms with Crippen LogP contribution in [0.3, 0.4) is 0 Å². The molecule has 0 unspecified atom stereocenters. The van der Waals surface area contributed by atoms with Crippen molar-refractivity contribution in [1.29, 1.82) is 0 Å². The summed E-state index contributed by atoms with van der Waals surface area (Å²) in [6.07, 6.45) is 3.60. The molecule has 1 N–H and O–H groups in total. The van der Waals surface area contributed by atoms with Crippen LogP contribution in [-0.2, 0) is 25.9 Å². The van der Waals surface area contributed by atoms with E-state index in [0.29, 0.717) is 0 Å². The Morgan fingerprint density at radius 2 is 2.39 bits per heavy atom. The summed E-state index contributed by atoms with van der Waals surface area (Å²) in [6, 6.07) is 0. The molecule has 2 aliphatic rings. The smallest absolute Gasteiger partial charge is 0.188 e. The summed E-state index contributed by atoms with van der Waals surface area (Å²) in [7, 11) is 0. The topological polar surface area (TPSA) is 55.9 Å². The van der Waals surface area contributed by atoms with Crippen LogP contribution in [0.25, 0.3) is 11.5 Å². The fraction of sp³-hybridized carbons (Fsp3) is 0.385. The number of allylic oxidation sites excluding steroid dienone is 1. The number of fused-ring (bicyclic) bond motifs is 5. The van der Waals surface area contributed by atoms with Gasteiger partial charge in [-0.2, -0.15) is 5.10 Å². The highest BCUT2D eigenvalue weighted by Crippen LogP contribution is 2.34. The first-order valence-electron chi connectivity index (χ1n) is 6.23. The van der Waals surface area contributed by atoms with Crippen LogP contribution < -0.4 is 5.32 Å². The minimum Gasteiger partial charge on any atom is -0.354 e. The SMILES string of the molecule is C=C1Cc2cnoc2-c2c3c(nn2C1)CCNC3. The molecule has 18 heavy (non-hydrogen) atoms. The molecular formula is C13H14N4O. The molecule has 0 aliphatic carbocycles. The Hall–Kier alpha value is -1.88. The Morgan fingerprint density at radius 1 is 1.44 bits per heavy atom. The van der Waals surface area contributed by atoms with Crippen LogP contribution in [0, 0.1) is 0 Å². The van der Waals surface area contributed by atoms with Crippen molar-refractivity contribution in [3.63, 3.8) is 0 Å². The lowest BCUT2D eigenvalue weighted by Gasteiger charge is -2.11. The summed E-state index contributed by atoms with van der Waals surface area (Å²) in [5, 5.41) is 12.0. The first-order chi connectivity index (χ1) is 8.83. The lowest BCUT2D eigenvalue weighted by molar-refractivity contribution is 0.427. The molecule has 4 heterocycles. The van der Waals surface area contributed by atoms with Crippen molar-refractivity contribution >= 4 is 0 Å². The van der Waals surface area contributed by atoms with Crippen molar-refractivity contribution in [2.75, 3.05) is 6.54 Å². The summed E-state index contributed by atoms with van der Waals surface area (Å²) in [5.74, 6) is 0.867. The van der Waals surface area contributed by atoms with Crippen LogP contribution >= 0.6 is 0 Å². The number of aromatic nitrogens is 3. The molecule has 0 bridgehead atoms. The maximum atomic E-state index is 5.46. The van der Waals surface area contributed by atoms with Crippen molar-refractivity contribution in [3.8, 4) is 11.5 Å². The van der Waals surface area contributed by atoms with E-state index < -0.39 is 0 Å². The number of nitrogens with one attached hydrogen (secondary N) is 1. The molecule has 0 aromatic carbocycles. The third-order valence-corrected chi connectivity index (χ3v) is 3.65. The number of nitrogens with zero attached hydrogens (tertiary/aromatic N) is 3. The van der Waals surface area contributed by atoms with Gasteiger partial charge in [0.25, 0.3) is 0 Å². The molecule has 0 saturated heterocycles. The second-order valence-corrected chi connectivity index (χ2v) is 4.97. The predicted molar refractivity (Wildman–Crippen MR) is 66.0 cm³/mol. The highest BCUT2D eigenvalue weighted by molar-refractivity contribution is 5.64. The minimum absolute atomic E-state index is 0.770. The molecule has 0 fully saturated rings. The summed E-state index contributed by atoms with van der Waals surface area (Å²) >= 11 is 0. The third kappa shape index (κ3) is 1.31. The summed E-state index contributed by atoms with van der Waals surface area (Å²) in [4.78, 5) is 0. The van der Waals surface area contributed by atoms with E-state index >= 15 is 0 Å². The van der Waals surface area contributed by atoms with E-state index in [1.54, 1.807) is 6.20 Å². The van der Waals surface area contributed by atoms with Gasteiger partial charge in [0.2, 0.25) is 0 Å². The zero-order valence-corrected chi connectivity index (χ0v) is 10.1. The van der Waals surface area contributed by atoms with Crippen LogP contribution in [-0.4, -0.2) is 21.5 Å². The summed E-state index contributed by atoms with van der Waals surface area (Å²) in [5.41, 5.74) is 5.79. The molecule has 2 aromatic rings. The zero-order valence-electron chi connectivity index (χ0n) is 10.1. The van der Waals surface area contributed by atoms with Gasteiger partial charge in [0.1, 0.15) is 5.69 Å². The fourth-order valence-corrected chi connectivity index (χ4v) is 2.84. The molecule has 0 radical (unpaired) electrons. The van der Waals surface area contributed by atoms with E-state index in [1.807, 2.05) is 4.68 Å². The molecule has 2 aromatic heterocycles. The summed E-state index contributed by atoms with van der Waals surface area (Å²) < 4.78 is 7.48. The van der Waals surface area contributed by atoms with Crippen molar-refractivity contribution in [2.45, 2.75) is 25.9 Å². The largest absolute Gasteiger partial charge is 0.354 e. The molecule has 5 heteroatoms. The van der Waals surface area contributed by atoms with Crippen LogP contribution in [0.2, 0.25) is 0 Å². The fourth-order valence-electron chi connectivity index (χ4n) is 2.84. The third-order valence-electron chi connectivity index (χ3n) is 3.65. The summed E-state index contributed by atoms with van der Waals surface area (Å²) in [6.45, 7) is 6.73. The van der Waals surface area contributed by atoms with E-state index in [2.05, 4.69) is 17.1 Å². The molecule has 2 aliphatic heterocycles. The van der Waals surface area contributed by atoms with Crippen LogP contribution in [0.15, 0.2) is 22.9 Å². The van der Waals surface area contributed by atoms with Gasteiger partial charge >= 0.3 is 0 Å². The van der Waals surface area contributed by atoms with Crippen LogP contribution in [0.4, 0.5) is 0 Å². The molecule has 0 atom stereocenters. The normalized spacial score (nSPS) is 17.9. The quantitative estimate of drug-likeness (QED) is 0.707. The Labute approximate surface area is 104 Å². The average Bonchev–Trinajstić information content (AvgIpc) is 2.90. The average molecular weight is 242 g/mol. The van der Waals surface area contributed by atoms with Crippen molar-refractivity contribution in [3.05, 3.63) is 35.2 Å². The Balaban J connectivity index is 2.00. The van der Waals surface area contributed by atoms with Crippen molar-refractivity contribution < 1.29 is 4.52 Å². The van der Waals surface area contributed by atoms with Gasteiger partial charge in [-0.15, -0.1) is 0 Å². The number of hydrogen-bond acceptors (Lipinski definition) is 4. The predicted octanol–water partition coefficient (Wildman–Crippen LogP) is 1.30. The van der Waals surface area contributed by atoms with Crippen LogP contribution in [0.1, 0.15) is 16.8 Å². The van der Waals surface area contributed by atoms with Gasteiger partial charge in [-0.3, -0.25) is 4.68 Å². The minimum atomic E-state index is 0.770. The van der Waals surface area contributed by atoms with Gasteiger partial charge in [0, 0.05) is 37.1 Å². The number of hydrogen-bond donors (Lipinski definition) is 1. The first kappa shape index (κ1) is 10.1. The molecule has 0 saturated carbocycles. The zero-order chi connectivity index (χ0) is 12.1. The second-order valence-electron chi connectivity index (χ2n) is 4.97. The van der Waals surface area contributed by atoms with Gasteiger partial charge < -0.3 is 9.84 Å². The Morgan fingerprint density at radius 3 is 3.33 bits per heavy atom. The van der Waals surface area contributed by atoms with E-state index in [-0.39, 0.29) is 0 Å². The lowest BCUT2D eigenvalue weighted by atomic mass is 10.0. The van der Waals surface area contributed by atoms with Gasteiger partial charge in [-0.05, 0) is 0 Å². The Kier molecular flexibility index (Phi) is 1.99. The van der Waals surface area contributed by atoms with Gasteiger partial charge in [-0.25, -0.2) is 0 Å². The molecule has 5 nitrogen and oxygen atoms in total. The van der Waals surface area contributed by atoms with Gasteiger partial charge in [0.05, 0.1) is 18.4 Å². The first-order valence-corrected chi connectivity index (χ1v) is 6.23. The molecule has 0 spiro atoms. The molecule has 0 amide bonds. The van der Waals surface area contributed by atoms with E-state index in [4.69, 9.17) is 9.62 Å². The van der Waals surface area contributed by atoms with E-state index in [1.165, 1.54) is 11.3 Å². The molecule has 4 rings (SSSR count). The van der Waals surface area contributed by atoms with Gasteiger partial charge in [-0.1, -0.05) is 17.3 Å². The monoisotopic (exact) mass is 242 g/mol. The Bertz CT molecular complexity index is 637. The van der Waals surface area contributed by atoms with Gasteiger partial charge in [0.15, 0.2) is 5.76 Å². The standard InChI is InChI=1S/C13H14N4O/c1-8-4-9-5-15-18-13(9)12-10-6-14-3-2-11(10)16-17(12)7-8/h5,14H,1-4,6-7H2. The lowest BCUT2D eigenvalue weighted by Crippen LogP contribution is -2.23. The van der Waals surface area contributed by atoms with Crippen LogP contribution in [0.5, 0.6) is 0 Å². The highest BCUT2D eigenvalue weighted by atomic mass is 16.5. The van der Waals surface area contributed by atoms with Crippen molar-refractivity contribution in [1.82, 2.24) is 20.3 Å². The molecule has 92 valence electrons. The maximum absolute atomic E-state index is 5.46. The molecular weight excluding hydrogens is 228 g/mol. The van der Waals surface area contributed by atoms with Crippen molar-refractivity contribution in [2.24, 2.45) is 0 Å². The highest BCUT2D eigenvalue weighted by Gasteiger charge is 2.28. The number of rotatable bonds is 0. The maximum Gasteiger partial charge on any atom is 0.188 e. The second kappa shape index (κ2) is 3.55. The van der Waals surface area contributed by atoms with E-state index in [9.17, 15) is 0 Å². The van der Waals surface area contributed by atoms with E-state index in [0.717, 1.165) is 55.1 Å².